The highest BCUT2D eigenvalue weighted by Crippen LogP contribution is 2.07. The molecule has 19 heavy (non-hydrogen) atoms. The minimum absolute atomic E-state index is 0.241. The molecule has 0 saturated carbocycles. The first kappa shape index (κ1) is 12.9. The van der Waals surface area contributed by atoms with Crippen molar-refractivity contribution in [3.63, 3.8) is 0 Å². The standard InChI is InChI=1S/C14H12N2O3/c17-8-3-5-11-4-1-2-6-13(11)14(18)15-10-12-7-9-19-16-12/h1-2,4,6-7,9,17H,8,10H2,(H,15,18). The summed E-state index contributed by atoms with van der Waals surface area (Å²) in [5, 5.41) is 15.1. The number of rotatable bonds is 3. The third kappa shape index (κ3) is 3.44. The van der Waals surface area contributed by atoms with E-state index in [1.54, 1.807) is 30.3 Å². The molecule has 5 nitrogen and oxygen atoms in total. The molecule has 2 N–H and O–H groups in total. The number of carbonyl (C=O) groups is 1. The minimum Gasteiger partial charge on any atom is -0.384 e. The fourth-order valence-electron chi connectivity index (χ4n) is 1.52. The Balaban J connectivity index is 2.10. The van der Waals surface area contributed by atoms with Crippen molar-refractivity contribution >= 4 is 5.91 Å². The highest BCUT2D eigenvalue weighted by Gasteiger charge is 2.09. The SMILES string of the molecule is O=C(NCc1ccon1)c1ccccc1C#CCO. The Bertz CT molecular complexity index is 609. The molecule has 0 aliphatic rings. The average Bonchev–Trinajstić information content (AvgIpc) is 2.96. The lowest BCUT2D eigenvalue weighted by atomic mass is 10.1. The van der Waals surface area contributed by atoms with E-state index in [1.807, 2.05) is 0 Å². The zero-order valence-electron chi connectivity index (χ0n) is 10.1. The Morgan fingerprint density at radius 1 is 1.37 bits per heavy atom. The van der Waals surface area contributed by atoms with Crippen LogP contribution in [-0.4, -0.2) is 22.8 Å². The maximum Gasteiger partial charge on any atom is 0.252 e. The molecule has 0 radical (unpaired) electrons. The Labute approximate surface area is 110 Å². The number of benzene rings is 1. The van der Waals surface area contributed by atoms with Crippen molar-refractivity contribution < 1.29 is 14.4 Å². The lowest BCUT2D eigenvalue weighted by molar-refractivity contribution is 0.0950. The van der Waals surface area contributed by atoms with Crippen molar-refractivity contribution in [3.8, 4) is 11.8 Å². The van der Waals surface area contributed by atoms with E-state index in [0.29, 0.717) is 16.8 Å². The fraction of sp³-hybridized carbons (Fsp3) is 0.143. The van der Waals surface area contributed by atoms with E-state index in [0.717, 1.165) is 0 Å². The summed E-state index contributed by atoms with van der Waals surface area (Å²) in [6.45, 7) is 0.0476. The molecule has 1 aromatic carbocycles. The predicted molar refractivity (Wildman–Crippen MR) is 68.1 cm³/mol. The first-order valence-electron chi connectivity index (χ1n) is 5.67. The maximum absolute atomic E-state index is 12.0. The number of hydrogen-bond donors (Lipinski definition) is 2. The molecule has 2 aromatic rings. The molecule has 1 aromatic heterocycles. The lowest BCUT2D eigenvalue weighted by Gasteiger charge is -2.05. The van der Waals surface area contributed by atoms with Crippen LogP contribution in [0.2, 0.25) is 0 Å². The van der Waals surface area contributed by atoms with Crippen LogP contribution >= 0.6 is 0 Å². The van der Waals surface area contributed by atoms with Gasteiger partial charge in [-0.05, 0) is 12.1 Å². The highest BCUT2D eigenvalue weighted by molar-refractivity contribution is 5.96. The molecule has 0 fully saturated rings. The highest BCUT2D eigenvalue weighted by atomic mass is 16.5. The zero-order chi connectivity index (χ0) is 13.5. The largest absolute Gasteiger partial charge is 0.384 e. The van der Waals surface area contributed by atoms with Crippen LogP contribution in [0.4, 0.5) is 0 Å². The van der Waals surface area contributed by atoms with Crippen molar-refractivity contribution in [1.29, 1.82) is 0 Å². The van der Waals surface area contributed by atoms with Gasteiger partial charge in [-0.15, -0.1) is 0 Å². The van der Waals surface area contributed by atoms with Crippen LogP contribution in [0.3, 0.4) is 0 Å². The summed E-state index contributed by atoms with van der Waals surface area (Å²) < 4.78 is 4.68. The van der Waals surface area contributed by atoms with Crippen LogP contribution in [0, 0.1) is 11.8 Å². The van der Waals surface area contributed by atoms with Gasteiger partial charge in [-0.25, -0.2) is 0 Å². The summed E-state index contributed by atoms with van der Waals surface area (Å²) >= 11 is 0. The van der Waals surface area contributed by atoms with Crippen LogP contribution in [0.1, 0.15) is 21.6 Å². The van der Waals surface area contributed by atoms with E-state index in [1.165, 1.54) is 6.26 Å². The second-order valence-electron chi connectivity index (χ2n) is 3.68. The van der Waals surface area contributed by atoms with Gasteiger partial charge in [-0.1, -0.05) is 29.1 Å². The molecule has 1 amide bonds. The molecule has 0 aliphatic carbocycles. The number of aliphatic hydroxyl groups is 1. The maximum atomic E-state index is 12.0. The lowest BCUT2D eigenvalue weighted by Crippen LogP contribution is -2.23. The smallest absolute Gasteiger partial charge is 0.252 e. The number of nitrogens with one attached hydrogen (secondary N) is 1. The van der Waals surface area contributed by atoms with Gasteiger partial charge < -0.3 is 14.9 Å². The van der Waals surface area contributed by atoms with Crippen molar-refractivity contribution in [1.82, 2.24) is 10.5 Å². The molecule has 1 heterocycles. The van der Waals surface area contributed by atoms with Gasteiger partial charge >= 0.3 is 0 Å². The first-order chi connectivity index (χ1) is 9.31. The number of aromatic nitrogens is 1. The minimum atomic E-state index is -0.245. The third-order valence-corrected chi connectivity index (χ3v) is 2.40. The average molecular weight is 256 g/mol. The molecule has 0 spiro atoms. The van der Waals surface area contributed by atoms with Crippen LogP contribution in [0.15, 0.2) is 41.1 Å². The second kappa shape index (κ2) is 6.38. The van der Waals surface area contributed by atoms with E-state index < -0.39 is 0 Å². The van der Waals surface area contributed by atoms with Gasteiger partial charge in [-0.2, -0.15) is 0 Å². The van der Waals surface area contributed by atoms with Gasteiger partial charge in [0.2, 0.25) is 0 Å². The summed E-state index contributed by atoms with van der Waals surface area (Å²) in [7, 11) is 0. The fourth-order valence-corrected chi connectivity index (χ4v) is 1.52. The normalized spacial score (nSPS) is 9.53. The monoisotopic (exact) mass is 256 g/mol. The van der Waals surface area contributed by atoms with Gasteiger partial charge in [0.1, 0.15) is 18.6 Å². The molecule has 5 heteroatoms. The zero-order valence-corrected chi connectivity index (χ0v) is 10.1. The molecular weight excluding hydrogens is 244 g/mol. The van der Waals surface area contributed by atoms with E-state index in [-0.39, 0.29) is 19.1 Å². The second-order valence-corrected chi connectivity index (χ2v) is 3.68. The van der Waals surface area contributed by atoms with E-state index in [4.69, 9.17) is 5.11 Å². The quantitative estimate of drug-likeness (QED) is 0.802. The Morgan fingerprint density at radius 3 is 2.95 bits per heavy atom. The molecule has 0 aliphatic heterocycles. The van der Waals surface area contributed by atoms with Crippen LogP contribution in [0.5, 0.6) is 0 Å². The van der Waals surface area contributed by atoms with Crippen LogP contribution in [-0.2, 0) is 6.54 Å². The van der Waals surface area contributed by atoms with Gasteiger partial charge in [0.05, 0.1) is 12.1 Å². The summed E-state index contributed by atoms with van der Waals surface area (Å²) in [4.78, 5) is 12.0. The molecule has 0 atom stereocenters. The molecular formula is C14H12N2O3. The summed E-state index contributed by atoms with van der Waals surface area (Å²) in [6, 6.07) is 8.63. The summed E-state index contributed by atoms with van der Waals surface area (Å²) in [5.41, 5.74) is 1.69. The molecule has 0 unspecified atom stereocenters. The van der Waals surface area contributed by atoms with E-state index in [2.05, 4.69) is 26.8 Å². The van der Waals surface area contributed by atoms with Gasteiger partial charge in [0.25, 0.3) is 5.91 Å². The molecule has 0 bridgehead atoms. The first-order valence-corrected chi connectivity index (χ1v) is 5.67. The van der Waals surface area contributed by atoms with Crippen molar-refractivity contribution in [2.45, 2.75) is 6.54 Å². The third-order valence-electron chi connectivity index (χ3n) is 2.40. The van der Waals surface area contributed by atoms with Crippen molar-refractivity contribution in [2.24, 2.45) is 0 Å². The Kier molecular flexibility index (Phi) is 4.32. The number of carbonyl (C=O) groups excluding carboxylic acids is 1. The Hall–Kier alpha value is -2.58. The van der Waals surface area contributed by atoms with Gasteiger partial charge in [0, 0.05) is 11.6 Å². The number of nitrogens with zero attached hydrogens (tertiary/aromatic N) is 1. The summed E-state index contributed by atoms with van der Waals surface area (Å²) in [5.74, 6) is 5.03. The Morgan fingerprint density at radius 2 is 2.21 bits per heavy atom. The van der Waals surface area contributed by atoms with Gasteiger partial charge in [0.15, 0.2) is 0 Å². The molecule has 96 valence electrons. The van der Waals surface area contributed by atoms with Crippen molar-refractivity contribution in [2.75, 3.05) is 6.61 Å². The molecule has 0 saturated heterocycles. The van der Waals surface area contributed by atoms with E-state index in [9.17, 15) is 4.79 Å². The van der Waals surface area contributed by atoms with Gasteiger partial charge in [-0.3, -0.25) is 4.79 Å². The topological polar surface area (TPSA) is 75.4 Å². The predicted octanol–water partition coefficient (Wildman–Crippen LogP) is 0.948. The number of hydrogen-bond acceptors (Lipinski definition) is 4. The number of amides is 1. The summed E-state index contributed by atoms with van der Waals surface area (Å²) in [6.07, 6.45) is 1.45. The van der Waals surface area contributed by atoms with Crippen LogP contribution in [0.25, 0.3) is 0 Å². The van der Waals surface area contributed by atoms with Crippen LogP contribution < -0.4 is 5.32 Å². The van der Waals surface area contributed by atoms with E-state index >= 15 is 0 Å². The molecule has 2 rings (SSSR count). The van der Waals surface area contributed by atoms with Crippen molar-refractivity contribution in [3.05, 3.63) is 53.4 Å². The number of aliphatic hydroxyl groups excluding tert-OH is 1.